The molecule has 0 radical (unpaired) electrons. The summed E-state index contributed by atoms with van der Waals surface area (Å²) in [5.74, 6) is 0.387. The average Bonchev–Trinajstić information content (AvgIpc) is 3.15. The first-order chi connectivity index (χ1) is 13.4. The predicted octanol–water partition coefficient (Wildman–Crippen LogP) is 1.56. The summed E-state index contributed by atoms with van der Waals surface area (Å²) in [7, 11) is -1.69. The molecular weight excluding hydrogens is 361 g/mol. The van der Waals surface area contributed by atoms with Crippen LogP contribution in [0.1, 0.15) is 44.5 Å². The first kappa shape index (κ1) is 21.7. The number of benzene rings is 1. The van der Waals surface area contributed by atoms with E-state index in [9.17, 15) is 14.8 Å². The minimum Gasteiger partial charge on any atom is -0.494 e. The summed E-state index contributed by atoms with van der Waals surface area (Å²) in [6, 6.07) is 7.30. The topological polar surface area (TPSA) is 118 Å². The van der Waals surface area contributed by atoms with Crippen molar-refractivity contribution in [1.29, 1.82) is 0 Å². The number of carbonyl (C=O) groups is 1. The number of ether oxygens (including phenoxy) is 1. The molecule has 1 heterocycles. The normalized spacial score (nSPS) is 12.5. The minimum atomic E-state index is -1.69. The van der Waals surface area contributed by atoms with Crippen LogP contribution in [0.4, 0.5) is 0 Å². The van der Waals surface area contributed by atoms with Gasteiger partial charge in [-0.2, -0.15) is 4.98 Å². The molecule has 0 aliphatic rings. The molecule has 1 aromatic heterocycles. The zero-order valence-electron chi connectivity index (χ0n) is 16.4. The number of amides is 1. The highest BCUT2D eigenvalue weighted by Gasteiger charge is 2.25. The lowest BCUT2D eigenvalue weighted by atomic mass is 9.76. The number of carbonyl (C=O) groups excluding carboxylic acids is 1. The second-order valence-electron chi connectivity index (χ2n) is 6.36. The maximum atomic E-state index is 12.2. The van der Waals surface area contributed by atoms with Crippen molar-refractivity contribution < 1.29 is 24.1 Å². The summed E-state index contributed by atoms with van der Waals surface area (Å²) in [5.41, 5.74) is 1.69. The van der Waals surface area contributed by atoms with Gasteiger partial charge < -0.3 is 24.6 Å². The van der Waals surface area contributed by atoms with Gasteiger partial charge in [-0.15, -0.1) is 0 Å². The summed E-state index contributed by atoms with van der Waals surface area (Å²) in [6.07, 6.45) is 2.52. The van der Waals surface area contributed by atoms with Crippen LogP contribution in [0.5, 0.6) is 5.75 Å². The van der Waals surface area contributed by atoms with Crippen molar-refractivity contribution in [3.8, 4) is 5.75 Å². The van der Waals surface area contributed by atoms with Crippen LogP contribution in [-0.4, -0.2) is 45.8 Å². The minimum absolute atomic E-state index is 0.107. The van der Waals surface area contributed by atoms with Crippen LogP contribution < -0.4 is 10.1 Å². The van der Waals surface area contributed by atoms with Gasteiger partial charge in [-0.05, 0) is 44.9 Å². The molecule has 1 unspecified atom stereocenters. The molecule has 0 aliphatic carbocycles. The summed E-state index contributed by atoms with van der Waals surface area (Å²) in [4.78, 5) is 16.5. The van der Waals surface area contributed by atoms with Crippen molar-refractivity contribution in [3.63, 3.8) is 0 Å². The van der Waals surface area contributed by atoms with Crippen LogP contribution in [0.2, 0.25) is 0 Å². The van der Waals surface area contributed by atoms with Crippen molar-refractivity contribution in [2.75, 3.05) is 6.61 Å². The molecule has 28 heavy (non-hydrogen) atoms. The molecule has 3 N–H and O–H groups in total. The lowest BCUT2D eigenvalue weighted by Gasteiger charge is -2.18. The molecule has 150 valence electrons. The van der Waals surface area contributed by atoms with E-state index in [0.29, 0.717) is 30.5 Å². The number of allylic oxidation sites excluding steroid dienone is 2. The van der Waals surface area contributed by atoms with Crippen LogP contribution in [0.3, 0.4) is 0 Å². The van der Waals surface area contributed by atoms with E-state index in [1.807, 2.05) is 51.1 Å². The second kappa shape index (κ2) is 10.6. The summed E-state index contributed by atoms with van der Waals surface area (Å²) < 4.78 is 10.6. The van der Waals surface area contributed by atoms with Crippen molar-refractivity contribution in [2.24, 2.45) is 0 Å². The standard InChI is InChI=1S/C19H26BN3O5/c1-4-13(3)19-22-17(23-28-19)9-10-18(24)21-16(20(25)26)12-14-7-6-8-15(11-14)27-5-2/h4,6-8,11,16,25-26H,5,9-10,12H2,1-3H3,(H,21,24). The summed E-state index contributed by atoms with van der Waals surface area (Å²) in [5, 5.41) is 25.8. The Kier molecular flexibility index (Phi) is 8.22. The largest absolute Gasteiger partial charge is 0.494 e. The fourth-order valence-electron chi connectivity index (χ4n) is 2.56. The molecule has 2 aromatic rings. The lowest BCUT2D eigenvalue weighted by molar-refractivity contribution is -0.121. The molecule has 9 heteroatoms. The van der Waals surface area contributed by atoms with E-state index < -0.39 is 13.1 Å². The van der Waals surface area contributed by atoms with E-state index in [4.69, 9.17) is 9.26 Å². The van der Waals surface area contributed by atoms with Crippen LogP contribution in [0, 0.1) is 0 Å². The number of hydrogen-bond donors (Lipinski definition) is 3. The number of rotatable bonds is 10. The fraction of sp³-hybridized carbons (Fsp3) is 0.421. The summed E-state index contributed by atoms with van der Waals surface area (Å²) in [6.45, 7) is 6.16. The van der Waals surface area contributed by atoms with E-state index in [1.54, 1.807) is 0 Å². The highest BCUT2D eigenvalue weighted by Crippen LogP contribution is 2.15. The van der Waals surface area contributed by atoms with Crippen molar-refractivity contribution >= 4 is 18.6 Å². The molecule has 1 aromatic carbocycles. The van der Waals surface area contributed by atoms with Gasteiger partial charge in [0.2, 0.25) is 5.91 Å². The third kappa shape index (κ3) is 6.51. The predicted molar refractivity (Wildman–Crippen MR) is 105 cm³/mol. The molecule has 0 saturated heterocycles. The second-order valence-corrected chi connectivity index (χ2v) is 6.36. The van der Waals surface area contributed by atoms with E-state index in [-0.39, 0.29) is 18.7 Å². The van der Waals surface area contributed by atoms with Crippen molar-refractivity contribution in [2.45, 2.75) is 46.0 Å². The smallest absolute Gasteiger partial charge is 0.475 e. The van der Waals surface area contributed by atoms with Gasteiger partial charge in [-0.25, -0.2) is 0 Å². The maximum Gasteiger partial charge on any atom is 0.475 e. The van der Waals surface area contributed by atoms with Crippen LogP contribution in [0.15, 0.2) is 34.9 Å². The van der Waals surface area contributed by atoms with Crippen molar-refractivity contribution in [3.05, 3.63) is 47.6 Å². The van der Waals surface area contributed by atoms with E-state index in [0.717, 1.165) is 11.1 Å². The Balaban J connectivity index is 1.91. The quantitative estimate of drug-likeness (QED) is 0.530. The Bertz CT molecular complexity index is 806. The molecule has 0 spiro atoms. The SMILES string of the molecule is CC=C(C)c1nc(CCC(=O)NC(Cc2cccc(OCC)c2)B(O)O)no1. The van der Waals surface area contributed by atoms with Gasteiger partial charge in [0, 0.05) is 18.4 Å². The number of nitrogens with zero attached hydrogens (tertiary/aromatic N) is 2. The zero-order valence-corrected chi connectivity index (χ0v) is 16.4. The average molecular weight is 387 g/mol. The fourth-order valence-corrected chi connectivity index (χ4v) is 2.56. The van der Waals surface area contributed by atoms with Gasteiger partial charge in [0.05, 0.1) is 12.5 Å². The Morgan fingerprint density at radius 1 is 1.43 bits per heavy atom. The van der Waals surface area contributed by atoms with E-state index >= 15 is 0 Å². The zero-order chi connectivity index (χ0) is 20.5. The molecule has 2 rings (SSSR count). The van der Waals surface area contributed by atoms with E-state index in [1.165, 1.54) is 0 Å². The number of aromatic nitrogens is 2. The molecular formula is C19H26BN3O5. The van der Waals surface area contributed by atoms with Gasteiger partial charge in [-0.1, -0.05) is 23.4 Å². The highest BCUT2D eigenvalue weighted by molar-refractivity contribution is 6.43. The Hall–Kier alpha value is -2.65. The molecule has 1 atom stereocenters. The van der Waals surface area contributed by atoms with Crippen molar-refractivity contribution in [1.82, 2.24) is 15.5 Å². The third-order valence-corrected chi connectivity index (χ3v) is 4.19. The Morgan fingerprint density at radius 3 is 2.89 bits per heavy atom. The van der Waals surface area contributed by atoms with Crippen LogP contribution in [-0.2, 0) is 17.6 Å². The number of hydrogen-bond acceptors (Lipinski definition) is 7. The Morgan fingerprint density at radius 2 is 2.21 bits per heavy atom. The molecule has 8 nitrogen and oxygen atoms in total. The van der Waals surface area contributed by atoms with Gasteiger partial charge in [0.15, 0.2) is 5.82 Å². The van der Waals surface area contributed by atoms with Crippen LogP contribution >= 0.6 is 0 Å². The number of nitrogens with one attached hydrogen (secondary N) is 1. The molecule has 1 amide bonds. The van der Waals surface area contributed by atoms with Crippen LogP contribution in [0.25, 0.3) is 5.57 Å². The van der Waals surface area contributed by atoms with E-state index in [2.05, 4.69) is 15.5 Å². The molecule has 0 saturated carbocycles. The first-order valence-electron chi connectivity index (χ1n) is 9.26. The molecule has 0 fully saturated rings. The highest BCUT2D eigenvalue weighted by atomic mass is 16.5. The Labute approximate surface area is 164 Å². The molecule has 0 bridgehead atoms. The van der Waals surface area contributed by atoms with Gasteiger partial charge in [0.25, 0.3) is 5.89 Å². The summed E-state index contributed by atoms with van der Waals surface area (Å²) >= 11 is 0. The molecule has 0 aliphatic heterocycles. The lowest BCUT2D eigenvalue weighted by Crippen LogP contribution is -2.48. The van der Waals surface area contributed by atoms with Gasteiger partial charge in [0.1, 0.15) is 5.75 Å². The van der Waals surface area contributed by atoms with Gasteiger partial charge in [-0.3, -0.25) is 4.79 Å². The maximum absolute atomic E-state index is 12.2. The first-order valence-corrected chi connectivity index (χ1v) is 9.26. The third-order valence-electron chi connectivity index (χ3n) is 4.19. The monoisotopic (exact) mass is 387 g/mol. The van der Waals surface area contributed by atoms with Gasteiger partial charge >= 0.3 is 7.12 Å². The number of aryl methyl sites for hydroxylation is 1.